The van der Waals surface area contributed by atoms with Gasteiger partial charge in [-0.2, -0.15) is 8.78 Å². The van der Waals surface area contributed by atoms with Gasteiger partial charge in [-0.15, -0.1) is 0 Å². The molecule has 3 N–H and O–H groups in total. The van der Waals surface area contributed by atoms with E-state index in [9.17, 15) is 13.6 Å². The zero-order chi connectivity index (χ0) is 15.4. The number of nitrogens with two attached hydrogens (primary N) is 1. The minimum absolute atomic E-state index is 0.102. The van der Waals surface area contributed by atoms with E-state index in [4.69, 9.17) is 10.6 Å². The molecule has 0 bridgehead atoms. The van der Waals surface area contributed by atoms with E-state index in [1.165, 1.54) is 18.3 Å². The van der Waals surface area contributed by atoms with Crippen LogP contribution < -0.4 is 16.0 Å². The van der Waals surface area contributed by atoms with Crippen molar-refractivity contribution in [1.29, 1.82) is 0 Å². The van der Waals surface area contributed by atoms with Crippen molar-refractivity contribution < 1.29 is 23.0 Å². The normalized spacial score (nSPS) is 10.7. The zero-order valence-electron chi connectivity index (χ0n) is 11.1. The van der Waals surface area contributed by atoms with E-state index in [1.807, 2.05) is 0 Å². The monoisotopic (exact) mass is 297 g/mol. The van der Waals surface area contributed by atoms with Crippen LogP contribution in [0.15, 0.2) is 24.4 Å². The molecule has 0 amide bonds. The van der Waals surface area contributed by atoms with E-state index < -0.39 is 12.6 Å². The number of nitrogen functional groups attached to an aromatic ring is 1. The Labute approximate surface area is 118 Å². The Kier molecular flexibility index (Phi) is 4.49. The largest absolute Gasteiger partial charge is 0.462 e. The van der Waals surface area contributed by atoms with Gasteiger partial charge in [0, 0.05) is 11.6 Å². The number of anilines is 1. The highest BCUT2D eigenvalue weighted by molar-refractivity contribution is 6.06. The summed E-state index contributed by atoms with van der Waals surface area (Å²) in [7, 11) is 0. The number of carbonyl (C=O) groups is 1. The molecule has 1 aromatic heterocycles. The number of carbonyl (C=O) groups excluding carboxylic acids is 1. The fourth-order valence-corrected chi connectivity index (χ4v) is 1.91. The average Bonchev–Trinajstić information content (AvgIpc) is 2.46. The highest BCUT2D eigenvalue weighted by Gasteiger charge is 2.18. The van der Waals surface area contributed by atoms with Gasteiger partial charge in [-0.1, -0.05) is 12.1 Å². The first kappa shape index (κ1) is 14.9. The topological polar surface area (TPSA) is 86.5 Å². The number of pyridine rings is 1. The lowest BCUT2D eigenvalue weighted by molar-refractivity contribution is -0.0489. The number of alkyl halides is 2. The summed E-state index contributed by atoms with van der Waals surface area (Å²) in [5, 5.41) is 0.376. The Hall–Kier alpha value is -2.48. The van der Waals surface area contributed by atoms with Gasteiger partial charge in [-0.05, 0) is 13.0 Å². The molecule has 0 aliphatic heterocycles. The van der Waals surface area contributed by atoms with Gasteiger partial charge in [0.15, 0.2) is 5.75 Å². The third-order valence-corrected chi connectivity index (χ3v) is 2.72. The van der Waals surface area contributed by atoms with E-state index in [-0.39, 0.29) is 29.1 Å². The van der Waals surface area contributed by atoms with Gasteiger partial charge in [-0.3, -0.25) is 10.8 Å². The third kappa shape index (κ3) is 3.00. The number of hydrazine groups is 1. The second-order valence-corrected chi connectivity index (χ2v) is 3.94. The quantitative estimate of drug-likeness (QED) is 0.500. The second-order valence-electron chi connectivity index (χ2n) is 3.94. The van der Waals surface area contributed by atoms with Crippen LogP contribution in [0.2, 0.25) is 0 Å². The summed E-state index contributed by atoms with van der Waals surface area (Å²) in [6.07, 6.45) is 1.20. The smallest absolute Gasteiger partial charge is 0.387 e. The molecule has 0 atom stereocenters. The number of para-hydroxylation sites is 1. The molecule has 2 rings (SSSR count). The van der Waals surface area contributed by atoms with Crippen LogP contribution in [0.3, 0.4) is 0 Å². The van der Waals surface area contributed by atoms with Crippen LogP contribution in [0.5, 0.6) is 5.75 Å². The molecular formula is C13H13F2N3O3. The summed E-state index contributed by atoms with van der Waals surface area (Å²) in [6.45, 7) is -1.12. The number of fused-ring (bicyclic) bond motifs is 1. The Bertz CT molecular complexity index is 664. The lowest BCUT2D eigenvalue weighted by Crippen LogP contribution is -2.15. The molecule has 0 radical (unpaired) electrons. The Balaban J connectivity index is 2.60. The first-order chi connectivity index (χ1) is 10.1. The molecule has 1 heterocycles. The molecule has 0 saturated carbocycles. The van der Waals surface area contributed by atoms with Crippen molar-refractivity contribution in [3.05, 3.63) is 30.0 Å². The number of nitrogens with zero attached hydrogens (tertiary/aromatic N) is 1. The summed E-state index contributed by atoms with van der Waals surface area (Å²) in [5.74, 6) is 4.71. The van der Waals surface area contributed by atoms with Gasteiger partial charge in [-0.25, -0.2) is 4.79 Å². The van der Waals surface area contributed by atoms with Crippen molar-refractivity contribution in [2.45, 2.75) is 13.5 Å². The lowest BCUT2D eigenvalue weighted by Gasteiger charge is -2.13. The van der Waals surface area contributed by atoms with Crippen molar-refractivity contribution in [2.24, 2.45) is 5.84 Å². The molecule has 0 fully saturated rings. The van der Waals surface area contributed by atoms with Crippen LogP contribution in [0.4, 0.5) is 14.5 Å². The average molecular weight is 297 g/mol. The van der Waals surface area contributed by atoms with Crippen LogP contribution in [-0.4, -0.2) is 24.2 Å². The number of esters is 1. The SMILES string of the molecule is CCOC(=O)c1cnc2c(OC(F)F)cccc2c1NN. The molecule has 0 spiro atoms. The van der Waals surface area contributed by atoms with E-state index in [0.29, 0.717) is 5.39 Å². The van der Waals surface area contributed by atoms with Gasteiger partial charge in [0.25, 0.3) is 0 Å². The van der Waals surface area contributed by atoms with Crippen molar-refractivity contribution in [1.82, 2.24) is 4.98 Å². The van der Waals surface area contributed by atoms with Gasteiger partial charge in [0.2, 0.25) is 0 Å². The van der Waals surface area contributed by atoms with Gasteiger partial charge >= 0.3 is 12.6 Å². The summed E-state index contributed by atoms with van der Waals surface area (Å²) < 4.78 is 34.0. The van der Waals surface area contributed by atoms with Crippen LogP contribution in [0, 0.1) is 0 Å². The number of halogens is 2. The number of ether oxygens (including phenoxy) is 2. The first-order valence-electron chi connectivity index (χ1n) is 6.08. The number of aromatic nitrogens is 1. The molecule has 6 nitrogen and oxygen atoms in total. The summed E-state index contributed by atoms with van der Waals surface area (Å²) in [4.78, 5) is 15.8. The number of hydrogen-bond donors (Lipinski definition) is 2. The fraction of sp³-hybridized carbons (Fsp3) is 0.231. The molecule has 0 aliphatic rings. The Morgan fingerprint density at radius 2 is 2.24 bits per heavy atom. The minimum atomic E-state index is -2.98. The highest BCUT2D eigenvalue weighted by atomic mass is 19.3. The van der Waals surface area contributed by atoms with E-state index in [2.05, 4.69) is 15.1 Å². The number of nitrogens with one attached hydrogen (secondary N) is 1. The summed E-state index contributed by atoms with van der Waals surface area (Å²) in [5.41, 5.74) is 2.89. The van der Waals surface area contributed by atoms with E-state index >= 15 is 0 Å². The molecule has 8 heteroatoms. The standard InChI is InChI=1S/C13H13F2N3O3/c1-2-20-12(19)8-6-17-11-7(10(8)18-16)4-3-5-9(11)21-13(14)15/h3-6,13H,2,16H2,1H3,(H,17,18). The van der Waals surface area contributed by atoms with Crippen LogP contribution in [0.25, 0.3) is 10.9 Å². The van der Waals surface area contributed by atoms with Crippen LogP contribution in [-0.2, 0) is 4.74 Å². The maximum atomic E-state index is 12.4. The number of hydrogen-bond acceptors (Lipinski definition) is 6. The van der Waals surface area contributed by atoms with Gasteiger partial charge in [0.1, 0.15) is 11.1 Å². The molecule has 0 aliphatic carbocycles. The molecule has 1 aromatic carbocycles. The minimum Gasteiger partial charge on any atom is -0.462 e. The first-order valence-corrected chi connectivity index (χ1v) is 6.08. The maximum Gasteiger partial charge on any atom is 0.387 e. The highest BCUT2D eigenvalue weighted by Crippen LogP contribution is 2.32. The van der Waals surface area contributed by atoms with Gasteiger partial charge < -0.3 is 14.9 Å². The lowest BCUT2D eigenvalue weighted by atomic mass is 10.1. The number of benzene rings is 1. The zero-order valence-corrected chi connectivity index (χ0v) is 11.1. The van der Waals surface area contributed by atoms with Crippen molar-refractivity contribution in [3.63, 3.8) is 0 Å². The van der Waals surface area contributed by atoms with Crippen LogP contribution >= 0.6 is 0 Å². The van der Waals surface area contributed by atoms with Gasteiger partial charge in [0.05, 0.1) is 12.3 Å². The van der Waals surface area contributed by atoms with Crippen molar-refractivity contribution >= 4 is 22.6 Å². The second kappa shape index (κ2) is 6.31. The number of rotatable bonds is 5. The molecule has 2 aromatic rings. The predicted octanol–water partition coefficient (Wildman–Crippen LogP) is 2.30. The molecule has 21 heavy (non-hydrogen) atoms. The van der Waals surface area contributed by atoms with Crippen molar-refractivity contribution in [2.75, 3.05) is 12.0 Å². The van der Waals surface area contributed by atoms with Crippen LogP contribution in [0.1, 0.15) is 17.3 Å². The molecule has 0 saturated heterocycles. The molecular weight excluding hydrogens is 284 g/mol. The maximum absolute atomic E-state index is 12.4. The fourth-order valence-electron chi connectivity index (χ4n) is 1.91. The third-order valence-electron chi connectivity index (χ3n) is 2.72. The summed E-state index contributed by atoms with van der Waals surface area (Å²) >= 11 is 0. The Morgan fingerprint density at radius 3 is 2.86 bits per heavy atom. The Morgan fingerprint density at radius 1 is 1.48 bits per heavy atom. The van der Waals surface area contributed by atoms with E-state index in [0.717, 1.165) is 0 Å². The predicted molar refractivity (Wildman–Crippen MR) is 72.1 cm³/mol. The summed E-state index contributed by atoms with van der Waals surface area (Å²) in [6, 6.07) is 4.43. The molecule has 112 valence electrons. The van der Waals surface area contributed by atoms with Crippen molar-refractivity contribution in [3.8, 4) is 5.75 Å². The molecule has 0 unspecified atom stereocenters. The van der Waals surface area contributed by atoms with E-state index in [1.54, 1.807) is 13.0 Å².